The molecule has 14 heteroatoms. The molecule has 0 radical (unpaired) electrons. The Kier molecular flexibility index (Phi) is 11.3. The van der Waals surface area contributed by atoms with Crippen LogP contribution in [0.4, 0.5) is 13.9 Å². The van der Waals surface area contributed by atoms with Gasteiger partial charge in [-0.25, -0.2) is 26.5 Å². The highest BCUT2D eigenvalue weighted by Crippen LogP contribution is 2.24. The van der Waals surface area contributed by atoms with Gasteiger partial charge in [0.2, 0.25) is 15.9 Å². The van der Waals surface area contributed by atoms with Crippen molar-refractivity contribution in [2.24, 2.45) is 17.8 Å². The van der Waals surface area contributed by atoms with Crippen molar-refractivity contribution >= 4 is 38.3 Å². The fourth-order valence-corrected chi connectivity index (χ4v) is 5.40. The van der Waals surface area contributed by atoms with Gasteiger partial charge in [-0.05, 0) is 36.0 Å². The zero-order valence-electron chi connectivity index (χ0n) is 22.7. The second-order valence-electron chi connectivity index (χ2n) is 10.2. The minimum absolute atomic E-state index is 0.0219. The van der Waals surface area contributed by atoms with Gasteiger partial charge in [-0.3, -0.25) is 9.59 Å². The molecule has 0 bridgehead atoms. The first kappa shape index (κ1) is 32.5. The van der Waals surface area contributed by atoms with E-state index in [1.54, 1.807) is 13.8 Å². The molecule has 0 aliphatic rings. The molecule has 218 valence electrons. The summed E-state index contributed by atoms with van der Waals surface area (Å²) in [5, 5.41) is 28.9. The summed E-state index contributed by atoms with van der Waals surface area (Å²) in [4.78, 5) is 29.9. The number of hydrogen-bond donors (Lipinski definition) is 4. The number of carbonyl (C=O) groups excluding carboxylic acids is 2. The van der Waals surface area contributed by atoms with Crippen molar-refractivity contribution in [2.45, 2.75) is 52.4 Å². The highest BCUT2D eigenvalue weighted by molar-refractivity contribution is 7.92. The van der Waals surface area contributed by atoms with Gasteiger partial charge in [0, 0.05) is 25.0 Å². The molecular weight excluding hydrogens is 554 g/mol. The number of amides is 2. The van der Waals surface area contributed by atoms with Gasteiger partial charge in [0.1, 0.15) is 23.4 Å². The maximum atomic E-state index is 13.9. The molecule has 0 saturated heterocycles. The molecule has 1 heterocycles. The van der Waals surface area contributed by atoms with E-state index in [-0.39, 0.29) is 28.7 Å². The van der Waals surface area contributed by atoms with E-state index in [1.165, 1.54) is 12.4 Å². The first-order chi connectivity index (χ1) is 18.0. The van der Waals surface area contributed by atoms with E-state index in [0.717, 1.165) is 34.0 Å². The molecule has 4 atom stereocenters. The van der Waals surface area contributed by atoms with E-state index < -0.39 is 63.6 Å². The van der Waals surface area contributed by atoms with E-state index in [2.05, 4.69) is 15.6 Å². The van der Waals surface area contributed by atoms with Crippen LogP contribution in [0.3, 0.4) is 0 Å². The van der Waals surface area contributed by atoms with E-state index in [1.807, 2.05) is 13.8 Å². The molecule has 39 heavy (non-hydrogen) atoms. The average Bonchev–Trinajstić information content (AvgIpc) is 3.30. The molecule has 2 amide bonds. The van der Waals surface area contributed by atoms with Crippen LogP contribution < -0.4 is 14.9 Å². The van der Waals surface area contributed by atoms with Gasteiger partial charge in [-0.1, -0.05) is 27.7 Å². The van der Waals surface area contributed by atoms with Crippen molar-refractivity contribution < 1.29 is 37.0 Å². The number of benzene rings is 1. The second kappa shape index (κ2) is 13.6. The van der Waals surface area contributed by atoms with Gasteiger partial charge in [0.25, 0.3) is 5.91 Å². The molecule has 4 N–H and O–H groups in total. The van der Waals surface area contributed by atoms with Crippen LogP contribution in [0, 0.1) is 29.4 Å². The van der Waals surface area contributed by atoms with Crippen molar-refractivity contribution in [1.82, 2.24) is 15.6 Å². The quantitative estimate of drug-likeness (QED) is 0.279. The Morgan fingerprint density at radius 2 is 1.67 bits per heavy atom. The number of aliphatic hydroxyl groups excluding tert-OH is 2. The topological polar surface area (TPSA) is 149 Å². The molecule has 1 aromatic carbocycles. The number of carbonyl (C=O) groups is 2. The highest BCUT2D eigenvalue weighted by Gasteiger charge is 2.39. The fraction of sp³-hybridized carbons (Fsp3) is 0.560. The number of aromatic nitrogens is 1. The summed E-state index contributed by atoms with van der Waals surface area (Å²) >= 11 is 0.894. The second-order valence-corrected chi connectivity index (χ2v) is 13.0. The molecular formula is C25H36F2N4O6S2. The average molecular weight is 591 g/mol. The monoisotopic (exact) mass is 590 g/mol. The van der Waals surface area contributed by atoms with Crippen molar-refractivity contribution in [3.63, 3.8) is 0 Å². The summed E-state index contributed by atoms with van der Waals surface area (Å²) < 4.78 is 52.3. The van der Waals surface area contributed by atoms with Crippen LogP contribution in [-0.4, -0.2) is 73.5 Å². The lowest BCUT2D eigenvalue weighted by atomic mass is 9.83. The smallest absolute Gasteiger partial charge is 0.271 e. The first-order valence-electron chi connectivity index (χ1n) is 12.3. The molecule has 10 nitrogen and oxygen atoms in total. The number of aliphatic hydroxyl groups is 2. The van der Waals surface area contributed by atoms with Gasteiger partial charge < -0.3 is 20.8 Å². The Bertz CT molecular complexity index is 1230. The van der Waals surface area contributed by atoms with Gasteiger partial charge >= 0.3 is 0 Å². The molecule has 0 aliphatic heterocycles. The van der Waals surface area contributed by atoms with Gasteiger partial charge in [-0.15, -0.1) is 11.3 Å². The Balaban J connectivity index is 2.37. The number of thiazole rings is 1. The van der Waals surface area contributed by atoms with Gasteiger partial charge in [0.15, 0.2) is 5.13 Å². The molecule has 0 fully saturated rings. The van der Waals surface area contributed by atoms with Crippen LogP contribution in [-0.2, 0) is 21.2 Å². The number of sulfonamides is 1. The Hall–Kier alpha value is -2.68. The maximum absolute atomic E-state index is 13.9. The zero-order chi connectivity index (χ0) is 29.7. The van der Waals surface area contributed by atoms with Crippen LogP contribution in [0.5, 0.6) is 0 Å². The fourth-order valence-electron chi connectivity index (χ4n) is 3.86. The maximum Gasteiger partial charge on any atom is 0.271 e. The third-order valence-electron chi connectivity index (χ3n) is 6.02. The third-order valence-corrected chi connectivity index (χ3v) is 8.22. The molecule has 1 aromatic heterocycles. The number of nitrogens with one attached hydrogen (secondary N) is 2. The van der Waals surface area contributed by atoms with Crippen LogP contribution in [0.25, 0.3) is 0 Å². The lowest BCUT2D eigenvalue weighted by molar-refractivity contribution is -0.135. The third kappa shape index (κ3) is 9.19. The van der Waals surface area contributed by atoms with Crippen molar-refractivity contribution in [3.05, 3.63) is 46.5 Å². The molecule has 4 unspecified atom stereocenters. The predicted molar refractivity (Wildman–Crippen MR) is 145 cm³/mol. The van der Waals surface area contributed by atoms with Crippen molar-refractivity contribution in [1.29, 1.82) is 0 Å². The SMILES string of the molecule is CC(C)CNC(=O)C(C(C)C)C(O)C(O)C(Cc1cc(F)cc(F)c1)NC(=O)c1csc(N(C)S(C)(=O)=O)n1. The van der Waals surface area contributed by atoms with E-state index in [0.29, 0.717) is 12.6 Å². The zero-order valence-corrected chi connectivity index (χ0v) is 24.3. The summed E-state index contributed by atoms with van der Waals surface area (Å²) in [5.74, 6) is -4.37. The Morgan fingerprint density at radius 1 is 1.08 bits per heavy atom. The number of halogens is 2. The summed E-state index contributed by atoms with van der Waals surface area (Å²) in [7, 11) is -2.36. The highest BCUT2D eigenvalue weighted by atomic mass is 32.2. The number of hydrogen-bond acceptors (Lipinski definition) is 8. The summed E-state index contributed by atoms with van der Waals surface area (Å²) in [6.07, 6.45) is -2.70. The van der Waals surface area contributed by atoms with Crippen LogP contribution in [0.1, 0.15) is 43.7 Å². The Morgan fingerprint density at radius 3 is 2.18 bits per heavy atom. The van der Waals surface area contributed by atoms with E-state index >= 15 is 0 Å². The summed E-state index contributed by atoms with van der Waals surface area (Å²) in [6, 6.07) is 1.42. The van der Waals surface area contributed by atoms with Gasteiger partial charge in [0.05, 0.1) is 24.3 Å². The first-order valence-corrected chi connectivity index (χ1v) is 15.0. The largest absolute Gasteiger partial charge is 0.390 e. The van der Waals surface area contributed by atoms with Gasteiger partial charge in [-0.2, -0.15) is 0 Å². The summed E-state index contributed by atoms with van der Waals surface area (Å²) in [6.45, 7) is 7.54. The minimum atomic E-state index is -3.63. The van der Waals surface area contributed by atoms with Crippen molar-refractivity contribution in [2.75, 3.05) is 24.2 Å². The molecule has 2 rings (SSSR count). The lowest BCUT2D eigenvalue weighted by Crippen LogP contribution is -2.55. The van der Waals surface area contributed by atoms with Crippen LogP contribution >= 0.6 is 11.3 Å². The van der Waals surface area contributed by atoms with Crippen molar-refractivity contribution in [3.8, 4) is 0 Å². The Labute approximate surface area is 231 Å². The molecule has 0 saturated carbocycles. The molecule has 2 aromatic rings. The predicted octanol–water partition coefficient (Wildman–Crippen LogP) is 1.92. The summed E-state index contributed by atoms with van der Waals surface area (Å²) in [5.41, 5.74) is -0.0807. The molecule has 0 aliphatic carbocycles. The van der Waals surface area contributed by atoms with E-state index in [4.69, 9.17) is 0 Å². The number of nitrogens with zero attached hydrogens (tertiary/aromatic N) is 2. The van der Waals surface area contributed by atoms with Crippen LogP contribution in [0.15, 0.2) is 23.6 Å². The molecule has 0 spiro atoms. The van der Waals surface area contributed by atoms with E-state index in [9.17, 15) is 37.0 Å². The number of anilines is 1. The van der Waals surface area contributed by atoms with Crippen LogP contribution in [0.2, 0.25) is 0 Å². The minimum Gasteiger partial charge on any atom is -0.390 e. The lowest BCUT2D eigenvalue weighted by Gasteiger charge is -2.33. The normalized spacial score (nSPS) is 15.1. The number of rotatable bonds is 13. The standard InChI is InChI=1S/C25H36F2N4O6S2/c1-13(2)11-28-24(35)20(14(3)4)22(33)21(32)18(9-15-7-16(26)10-17(27)8-15)29-23(34)19-12-38-25(30-19)31(5)39(6,36)37/h7-8,10,12-14,18,20-22,32-33H,9,11H2,1-6H3,(H,28,35)(H,29,34).